The number of rotatable bonds is 1. The lowest BCUT2D eigenvalue weighted by atomic mass is 10.0. The Morgan fingerprint density at radius 3 is 2.29 bits per heavy atom. The van der Waals surface area contributed by atoms with Crippen molar-refractivity contribution in [2.24, 2.45) is 0 Å². The minimum absolute atomic E-state index is 0.000162. The van der Waals surface area contributed by atoms with Crippen LogP contribution >= 0.6 is 11.3 Å². The minimum Gasteiger partial charge on any atom is -0.191 e. The zero-order chi connectivity index (χ0) is 12.8. The average Bonchev–Trinajstić information content (AvgIpc) is 2.59. The van der Waals surface area contributed by atoms with Crippen LogP contribution in [0.25, 0.3) is 10.1 Å². The number of thiophene rings is 1. The summed E-state index contributed by atoms with van der Waals surface area (Å²) in [5.41, 5.74) is -0.536. The van der Waals surface area contributed by atoms with Gasteiger partial charge in [0.2, 0.25) is 0 Å². The molecule has 2 aromatic rings. The molecule has 0 N–H and O–H groups in total. The first-order valence-corrected chi connectivity index (χ1v) is 5.55. The molecule has 0 amide bonds. The van der Waals surface area contributed by atoms with Crippen LogP contribution in [-0.2, 0) is 5.92 Å². The fourth-order valence-electron chi connectivity index (χ4n) is 1.66. The lowest BCUT2D eigenvalue weighted by Crippen LogP contribution is -2.33. The lowest BCUT2D eigenvalue weighted by molar-refractivity contribution is -0.288. The van der Waals surface area contributed by atoms with E-state index in [1.165, 1.54) is 19.1 Å². The van der Waals surface area contributed by atoms with E-state index in [2.05, 4.69) is 0 Å². The summed E-state index contributed by atoms with van der Waals surface area (Å²) in [4.78, 5) is 0. The summed E-state index contributed by atoms with van der Waals surface area (Å²) in [6.45, 7) is 1.52. The number of benzene rings is 1. The molecule has 0 aliphatic carbocycles. The summed E-state index contributed by atoms with van der Waals surface area (Å²) in [6, 6.07) is 3.58. The van der Waals surface area contributed by atoms with Crippen molar-refractivity contribution in [1.29, 1.82) is 0 Å². The van der Waals surface area contributed by atoms with E-state index >= 15 is 0 Å². The van der Waals surface area contributed by atoms with Gasteiger partial charge in [0.1, 0.15) is 0 Å². The van der Waals surface area contributed by atoms with Gasteiger partial charge in [-0.3, -0.25) is 0 Å². The van der Waals surface area contributed by atoms with Crippen LogP contribution in [0.5, 0.6) is 0 Å². The molecule has 0 nitrogen and oxygen atoms in total. The van der Waals surface area contributed by atoms with E-state index in [1.54, 1.807) is 5.38 Å². The number of hydrogen-bond donors (Lipinski definition) is 0. The Bertz CT molecular complexity index is 552. The van der Waals surface area contributed by atoms with E-state index in [9.17, 15) is 22.0 Å². The van der Waals surface area contributed by atoms with E-state index in [4.69, 9.17) is 0 Å². The van der Waals surface area contributed by atoms with Gasteiger partial charge in [-0.15, -0.1) is 11.3 Å². The van der Waals surface area contributed by atoms with Crippen molar-refractivity contribution in [1.82, 2.24) is 0 Å². The maximum absolute atomic E-state index is 13.3. The molecule has 2 rings (SSSR count). The molecule has 0 fully saturated rings. The SMILES string of the molecule is Cc1csc2cccc(C(F)(F)C(F)(F)F)c12. The molecule has 0 aliphatic heterocycles. The first-order chi connectivity index (χ1) is 7.75. The Morgan fingerprint density at radius 2 is 1.71 bits per heavy atom. The predicted molar refractivity (Wildman–Crippen MR) is 56.5 cm³/mol. The van der Waals surface area contributed by atoms with E-state index in [0.717, 1.165) is 17.4 Å². The van der Waals surface area contributed by atoms with Gasteiger partial charge in [-0.05, 0) is 23.9 Å². The number of hydrogen-bond acceptors (Lipinski definition) is 1. The van der Waals surface area contributed by atoms with Crippen molar-refractivity contribution in [3.63, 3.8) is 0 Å². The van der Waals surface area contributed by atoms with Gasteiger partial charge < -0.3 is 0 Å². The van der Waals surface area contributed by atoms with Crippen molar-refractivity contribution in [3.05, 3.63) is 34.7 Å². The number of alkyl halides is 5. The van der Waals surface area contributed by atoms with E-state index in [1.807, 2.05) is 0 Å². The molecule has 0 atom stereocenters. The second kappa shape index (κ2) is 3.66. The van der Waals surface area contributed by atoms with Crippen molar-refractivity contribution in [2.45, 2.75) is 19.0 Å². The van der Waals surface area contributed by atoms with Crippen LogP contribution in [0.1, 0.15) is 11.1 Å². The summed E-state index contributed by atoms with van der Waals surface area (Å²) < 4.78 is 64.1. The van der Waals surface area contributed by atoms with Crippen molar-refractivity contribution < 1.29 is 22.0 Å². The topological polar surface area (TPSA) is 0 Å². The van der Waals surface area contributed by atoms with Gasteiger partial charge in [0.05, 0.1) is 0 Å². The number of halogens is 5. The molecule has 0 radical (unpaired) electrons. The van der Waals surface area contributed by atoms with Crippen molar-refractivity contribution in [2.75, 3.05) is 0 Å². The standard InChI is InChI=1S/C11H7F5S/c1-6-5-17-8-4-2-3-7(9(6)8)10(12,13)11(14,15)16/h2-5H,1H3. The smallest absolute Gasteiger partial charge is 0.191 e. The third-order valence-electron chi connectivity index (χ3n) is 2.48. The minimum atomic E-state index is -5.57. The summed E-state index contributed by atoms with van der Waals surface area (Å²) in [6.07, 6.45) is -5.57. The molecule has 0 saturated carbocycles. The first kappa shape index (κ1) is 12.3. The van der Waals surface area contributed by atoms with Crippen LogP contribution in [0.15, 0.2) is 23.6 Å². The maximum atomic E-state index is 13.3. The second-order valence-corrected chi connectivity index (χ2v) is 4.58. The Labute approximate surface area is 97.7 Å². The van der Waals surface area contributed by atoms with Crippen LogP contribution in [0.3, 0.4) is 0 Å². The summed E-state index contributed by atoms with van der Waals surface area (Å²) in [5.74, 6) is -4.82. The Balaban J connectivity index is 2.75. The fourth-order valence-corrected chi connectivity index (χ4v) is 2.63. The monoisotopic (exact) mass is 266 g/mol. The predicted octanol–water partition coefficient (Wildman–Crippen LogP) is 4.86. The van der Waals surface area contributed by atoms with Gasteiger partial charge in [0, 0.05) is 15.6 Å². The molecule has 92 valence electrons. The molecule has 1 aromatic carbocycles. The van der Waals surface area contributed by atoms with Crippen LogP contribution < -0.4 is 0 Å². The molecule has 0 saturated heterocycles. The molecule has 1 heterocycles. The zero-order valence-corrected chi connectivity index (χ0v) is 9.42. The van der Waals surface area contributed by atoms with Crippen molar-refractivity contribution in [3.8, 4) is 0 Å². The van der Waals surface area contributed by atoms with Gasteiger partial charge in [0.25, 0.3) is 0 Å². The van der Waals surface area contributed by atoms with Gasteiger partial charge in [-0.25, -0.2) is 0 Å². The number of aryl methyl sites for hydroxylation is 1. The molecule has 0 unspecified atom stereocenters. The quantitative estimate of drug-likeness (QED) is 0.646. The van der Waals surface area contributed by atoms with Gasteiger partial charge in [0.15, 0.2) is 0 Å². The van der Waals surface area contributed by atoms with E-state index in [-0.39, 0.29) is 5.39 Å². The third kappa shape index (κ3) is 1.80. The number of fused-ring (bicyclic) bond motifs is 1. The largest absolute Gasteiger partial charge is 0.458 e. The van der Waals surface area contributed by atoms with Crippen molar-refractivity contribution >= 4 is 21.4 Å². The van der Waals surface area contributed by atoms with Crippen LogP contribution in [0.2, 0.25) is 0 Å². The van der Waals surface area contributed by atoms with Crippen LogP contribution in [0.4, 0.5) is 22.0 Å². The lowest BCUT2D eigenvalue weighted by Gasteiger charge is -2.21. The Morgan fingerprint density at radius 1 is 1.06 bits per heavy atom. The third-order valence-corrected chi connectivity index (χ3v) is 3.54. The molecule has 0 aliphatic rings. The van der Waals surface area contributed by atoms with Gasteiger partial charge in [-0.1, -0.05) is 12.1 Å². The summed E-state index contributed by atoms with van der Waals surface area (Å²) in [7, 11) is 0. The summed E-state index contributed by atoms with van der Waals surface area (Å²) >= 11 is 1.15. The fraction of sp³-hybridized carbons (Fsp3) is 0.273. The van der Waals surface area contributed by atoms with Crippen LogP contribution in [-0.4, -0.2) is 6.18 Å². The highest BCUT2D eigenvalue weighted by Crippen LogP contribution is 2.47. The highest BCUT2D eigenvalue weighted by atomic mass is 32.1. The first-order valence-electron chi connectivity index (χ1n) is 4.67. The second-order valence-electron chi connectivity index (χ2n) is 3.67. The highest BCUT2D eigenvalue weighted by Gasteiger charge is 2.59. The molecular formula is C11H7F5S. The Kier molecular flexibility index (Phi) is 2.65. The highest BCUT2D eigenvalue weighted by molar-refractivity contribution is 7.17. The van der Waals surface area contributed by atoms with E-state index < -0.39 is 17.7 Å². The van der Waals surface area contributed by atoms with Gasteiger partial charge in [-0.2, -0.15) is 22.0 Å². The van der Waals surface area contributed by atoms with E-state index in [0.29, 0.717) is 10.3 Å². The molecule has 6 heteroatoms. The van der Waals surface area contributed by atoms with Crippen LogP contribution in [0, 0.1) is 6.92 Å². The molecule has 0 spiro atoms. The molecule has 0 bridgehead atoms. The average molecular weight is 266 g/mol. The zero-order valence-electron chi connectivity index (χ0n) is 8.61. The maximum Gasteiger partial charge on any atom is 0.458 e. The molecule has 17 heavy (non-hydrogen) atoms. The summed E-state index contributed by atoms with van der Waals surface area (Å²) in [5, 5.41) is 1.57. The molecule has 1 aromatic heterocycles. The Hall–Kier alpha value is -1.17. The van der Waals surface area contributed by atoms with Gasteiger partial charge >= 0.3 is 12.1 Å². The normalized spacial score (nSPS) is 13.3. The molecular weight excluding hydrogens is 259 g/mol.